The van der Waals surface area contributed by atoms with Crippen LogP contribution in [0.1, 0.15) is 42.5 Å². The standard InChI is InChI=1S/C20H27N3O2/c1-3-25-19-7-6-15(11-17(19)14-24)13-23-10-4-5-18(23)16-8-9-22-20(12-16)21-2/h6-9,11-12,18,24H,3-5,10,13-14H2,1-2H3,(H,21,22). The Labute approximate surface area is 149 Å². The molecule has 25 heavy (non-hydrogen) atoms. The van der Waals surface area contributed by atoms with Crippen LogP contribution in [-0.2, 0) is 13.2 Å². The van der Waals surface area contributed by atoms with E-state index in [0.29, 0.717) is 12.6 Å². The van der Waals surface area contributed by atoms with E-state index in [0.717, 1.165) is 36.6 Å². The zero-order chi connectivity index (χ0) is 17.6. The summed E-state index contributed by atoms with van der Waals surface area (Å²) < 4.78 is 5.58. The van der Waals surface area contributed by atoms with E-state index in [1.165, 1.54) is 17.5 Å². The molecule has 0 aliphatic carbocycles. The van der Waals surface area contributed by atoms with Crippen LogP contribution < -0.4 is 10.1 Å². The van der Waals surface area contributed by atoms with Crippen LogP contribution in [0.5, 0.6) is 5.75 Å². The number of aliphatic hydroxyl groups is 1. The van der Waals surface area contributed by atoms with Crippen molar-refractivity contribution >= 4 is 5.82 Å². The summed E-state index contributed by atoms with van der Waals surface area (Å²) in [6.07, 6.45) is 4.24. The topological polar surface area (TPSA) is 57.6 Å². The Kier molecular flexibility index (Phi) is 5.89. The number of hydrogen-bond acceptors (Lipinski definition) is 5. The first-order valence-corrected chi connectivity index (χ1v) is 8.98. The maximum absolute atomic E-state index is 9.61. The van der Waals surface area contributed by atoms with E-state index in [9.17, 15) is 5.11 Å². The van der Waals surface area contributed by atoms with E-state index in [4.69, 9.17) is 4.74 Å². The summed E-state index contributed by atoms with van der Waals surface area (Å²) in [5.41, 5.74) is 3.38. The number of nitrogens with one attached hydrogen (secondary N) is 1. The molecule has 1 aromatic carbocycles. The summed E-state index contributed by atoms with van der Waals surface area (Å²) >= 11 is 0. The molecule has 1 aliphatic heterocycles. The van der Waals surface area contributed by atoms with Crippen LogP contribution in [0.2, 0.25) is 0 Å². The smallest absolute Gasteiger partial charge is 0.125 e. The van der Waals surface area contributed by atoms with Gasteiger partial charge in [-0.05, 0) is 61.7 Å². The highest BCUT2D eigenvalue weighted by atomic mass is 16.5. The molecule has 1 aromatic heterocycles. The number of anilines is 1. The first-order chi connectivity index (χ1) is 12.2. The van der Waals surface area contributed by atoms with Gasteiger partial charge in [0.15, 0.2) is 0 Å². The lowest BCUT2D eigenvalue weighted by atomic mass is 10.0. The predicted octanol–water partition coefficient (Wildman–Crippen LogP) is 3.35. The van der Waals surface area contributed by atoms with E-state index in [-0.39, 0.29) is 6.61 Å². The Morgan fingerprint density at radius 3 is 2.96 bits per heavy atom. The molecule has 2 N–H and O–H groups in total. The molecule has 5 nitrogen and oxygen atoms in total. The van der Waals surface area contributed by atoms with Crippen LogP contribution in [0.4, 0.5) is 5.82 Å². The van der Waals surface area contributed by atoms with E-state index in [2.05, 4.69) is 39.5 Å². The molecule has 2 aromatic rings. The van der Waals surface area contributed by atoms with Crippen LogP contribution in [-0.4, -0.2) is 35.2 Å². The minimum Gasteiger partial charge on any atom is -0.494 e. The van der Waals surface area contributed by atoms with E-state index < -0.39 is 0 Å². The van der Waals surface area contributed by atoms with Crippen LogP contribution in [0.15, 0.2) is 36.5 Å². The second-order valence-electron chi connectivity index (χ2n) is 6.39. The van der Waals surface area contributed by atoms with Gasteiger partial charge in [-0.1, -0.05) is 6.07 Å². The summed E-state index contributed by atoms with van der Waals surface area (Å²) in [6.45, 7) is 4.53. The van der Waals surface area contributed by atoms with Gasteiger partial charge in [0.25, 0.3) is 0 Å². The quantitative estimate of drug-likeness (QED) is 0.809. The molecule has 0 radical (unpaired) electrons. The zero-order valence-electron chi connectivity index (χ0n) is 15.0. The molecule has 1 unspecified atom stereocenters. The molecule has 1 atom stereocenters. The molecule has 0 spiro atoms. The van der Waals surface area contributed by atoms with Crippen molar-refractivity contribution in [2.75, 3.05) is 25.5 Å². The monoisotopic (exact) mass is 341 g/mol. The second-order valence-corrected chi connectivity index (χ2v) is 6.39. The van der Waals surface area contributed by atoms with Gasteiger partial charge in [-0.25, -0.2) is 4.98 Å². The van der Waals surface area contributed by atoms with Crippen molar-refractivity contribution in [3.63, 3.8) is 0 Å². The number of benzene rings is 1. The van der Waals surface area contributed by atoms with Gasteiger partial charge in [0.2, 0.25) is 0 Å². The molecular formula is C20H27N3O2. The number of nitrogens with zero attached hydrogens (tertiary/aromatic N) is 2. The first kappa shape index (κ1) is 17.7. The van der Waals surface area contributed by atoms with Crippen molar-refractivity contribution in [3.8, 4) is 5.75 Å². The Bertz CT molecular complexity index is 705. The van der Waals surface area contributed by atoms with Crippen molar-refractivity contribution in [1.82, 2.24) is 9.88 Å². The highest BCUT2D eigenvalue weighted by Gasteiger charge is 2.26. The SMILES string of the molecule is CCOc1ccc(CN2CCCC2c2ccnc(NC)c2)cc1CO. The third-order valence-corrected chi connectivity index (χ3v) is 4.77. The van der Waals surface area contributed by atoms with Crippen LogP contribution in [0, 0.1) is 0 Å². The fraction of sp³-hybridized carbons (Fsp3) is 0.450. The fourth-order valence-corrected chi connectivity index (χ4v) is 3.57. The average molecular weight is 341 g/mol. The van der Waals surface area contributed by atoms with Crippen molar-refractivity contribution in [1.29, 1.82) is 0 Å². The van der Waals surface area contributed by atoms with Crippen LogP contribution in [0.3, 0.4) is 0 Å². The maximum atomic E-state index is 9.61. The summed E-state index contributed by atoms with van der Waals surface area (Å²) in [5, 5.41) is 12.7. The second kappa shape index (κ2) is 8.32. The Morgan fingerprint density at radius 2 is 2.20 bits per heavy atom. The number of aliphatic hydroxyl groups excluding tert-OH is 1. The van der Waals surface area contributed by atoms with Crippen molar-refractivity contribution in [2.45, 2.75) is 39.0 Å². The number of rotatable bonds is 7. The predicted molar refractivity (Wildman–Crippen MR) is 99.7 cm³/mol. The largest absolute Gasteiger partial charge is 0.494 e. The summed E-state index contributed by atoms with van der Waals surface area (Å²) in [7, 11) is 1.90. The van der Waals surface area contributed by atoms with Crippen molar-refractivity contribution in [2.24, 2.45) is 0 Å². The van der Waals surface area contributed by atoms with Crippen LogP contribution in [0.25, 0.3) is 0 Å². The van der Waals surface area contributed by atoms with Gasteiger partial charge in [0, 0.05) is 31.4 Å². The summed E-state index contributed by atoms with van der Waals surface area (Å²) in [6, 6.07) is 10.8. The molecule has 1 saturated heterocycles. The van der Waals surface area contributed by atoms with Crippen molar-refractivity contribution < 1.29 is 9.84 Å². The third kappa shape index (κ3) is 4.11. The van der Waals surface area contributed by atoms with Gasteiger partial charge in [-0.15, -0.1) is 0 Å². The van der Waals surface area contributed by atoms with Crippen molar-refractivity contribution in [3.05, 3.63) is 53.2 Å². The first-order valence-electron chi connectivity index (χ1n) is 8.98. The molecule has 0 saturated carbocycles. The minimum atomic E-state index is 0.00247. The normalized spacial score (nSPS) is 17.6. The average Bonchev–Trinajstić information content (AvgIpc) is 3.11. The summed E-state index contributed by atoms with van der Waals surface area (Å²) in [5.74, 6) is 1.69. The number of pyridine rings is 1. The van der Waals surface area contributed by atoms with Gasteiger partial charge in [-0.2, -0.15) is 0 Å². The highest BCUT2D eigenvalue weighted by molar-refractivity contribution is 5.39. The number of ether oxygens (including phenoxy) is 1. The Morgan fingerprint density at radius 1 is 1.32 bits per heavy atom. The molecule has 2 heterocycles. The molecule has 1 aliphatic rings. The lowest BCUT2D eigenvalue weighted by Crippen LogP contribution is -2.23. The van der Waals surface area contributed by atoms with Gasteiger partial charge in [0.1, 0.15) is 11.6 Å². The van der Waals surface area contributed by atoms with E-state index in [1.807, 2.05) is 26.2 Å². The molecule has 134 valence electrons. The Hall–Kier alpha value is -2.11. The van der Waals surface area contributed by atoms with E-state index in [1.54, 1.807) is 0 Å². The molecule has 3 rings (SSSR count). The lowest BCUT2D eigenvalue weighted by Gasteiger charge is -2.25. The highest BCUT2D eigenvalue weighted by Crippen LogP contribution is 2.34. The van der Waals surface area contributed by atoms with Crippen LogP contribution >= 0.6 is 0 Å². The fourth-order valence-electron chi connectivity index (χ4n) is 3.57. The maximum Gasteiger partial charge on any atom is 0.125 e. The number of aromatic nitrogens is 1. The molecule has 0 amide bonds. The number of hydrogen-bond donors (Lipinski definition) is 2. The van der Waals surface area contributed by atoms with Gasteiger partial charge in [0.05, 0.1) is 13.2 Å². The van der Waals surface area contributed by atoms with Gasteiger partial charge < -0.3 is 15.2 Å². The van der Waals surface area contributed by atoms with Gasteiger partial charge >= 0.3 is 0 Å². The summed E-state index contributed by atoms with van der Waals surface area (Å²) in [4.78, 5) is 6.82. The van der Waals surface area contributed by atoms with Gasteiger partial charge in [-0.3, -0.25) is 4.90 Å². The Balaban J connectivity index is 1.77. The zero-order valence-corrected chi connectivity index (χ0v) is 15.0. The number of likely N-dealkylation sites (tertiary alicyclic amines) is 1. The van der Waals surface area contributed by atoms with E-state index >= 15 is 0 Å². The molecule has 5 heteroatoms. The molecule has 1 fully saturated rings. The lowest BCUT2D eigenvalue weighted by molar-refractivity contribution is 0.246. The molecule has 0 bridgehead atoms. The minimum absolute atomic E-state index is 0.00247. The third-order valence-electron chi connectivity index (χ3n) is 4.77. The molecular weight excluding hydrogens is 314 g/mol.